The van der Waals surface area contributed by atoms with E-state index in [4.69, 9.17) is 0 Å². The summed E-state index contributed by atoms with van der Waals surface area (Å²) in [5.74, 6) is 33.7. The molecule has 62 heavy (non-hydrogen) atoms. The van der Waals surface area contributed by atoms with Crippen LogP contribution in [0.15, 0.2) is 121 Å². The van der Waals surface area contributed by atoms with E-state index in [1.54, 1.807) is 0 Å². The molecule has 310 valence electrons. The van der Waals surface area contributed by atoms with Gasteiger partial charge in [0, 0.05) is 55.6 Å². The van der Waals surface area contributed by atoms with Gasteiger partial charge in [0.15, 0.2) is 0 Å². The van der Waals surface area contributed by atoms with Gasteiger partial charge in [0.25, 0.3) is 0 Å². The molecule has 5 aromatic carbocycles. The van der Waals surface area contributed by atoms with E-state index in [1.165, 1.54) is 0 Å². The largest absolute Gasteiger partial charge is 0.146 e. The topological polar surface area (TPSA) is 0 Å². The van der Waals surface area contributed by atoms with Crippen molar-refractivity contribution in [1.29, 1.82) is 0 Å². The Morgan fingerprint density at radius 2 is 0.419 bits per heavy atom. The van der Waals surface area contributed by atoms with Crippen molar-refractivity contribution in [2.45, 2.75) is 116 Å². The van der Waals surface area contributed by atoms with Crippen LogP contribution >= 0.6 is 0 Å². The average molecular weight is 839 g/mol. The first-order valence-corrected chi connectivity index (χ1v) is 26.7. The number of rotatable bonds is 6. The van der Waals surface area contributed by atoms with Gasteiger partial charge in [-0.25, -0.2) is 0 Å². The van der Waals surface area contributed by atoms with E-state index in [2.05, 4.69) is 202 Å². The normalized spacial score (nSPS) is 11.0. The Morgan fingerprint density at radius 3 is 0.613 bits per heavy atom. The molecular formula is C60H62Si2. The van der Waals surface area contributed by atoms with Crippen LogP contribution in [0.1, 0.15) is 139 Å². The zero-order valence-electron chi connectivity index (χ0n) is 39.0. The summed E-state index contributed by atoms with van der Waals surface area (Å²) in [6, 6.07) is 40.9. The lowest BCUT2D eigenvalue weighted by Crippen LogP contribution is -2.43. The molecular weight excluding hydrogens is 777 g/mol. The third-order valence-electron chi connectivity index (χ3n) is 12.3. The Balaban J connectivity index is 1.23. The van der Waals surface area contributed by atoms with Gasteiger partial charge >= 0.3 is 0 Å². The maximum Gasteiger partial charge on any atom is 0.146 e. The SMILES string of the molecule is CC(C)[Si](C#Cc1ccc(C#Cc2cccc(C#Cc3cccc(C#Cc4cccc(C#Cc5ccc(C#C[Si](C(C)C)(C(C)C)C(C)C)cc5)c4)c3)c2)cc1)(C(C)C)C(C)C. The molecule has 0 amide bonds. The van der Waals surface area contributed by atoms with E-state index in [0.29, 0.717) is 33.2 Å². The quantitative estimate of drug-likeness (QED) is 0.118. The number of benzene rings is 5. The molecule has 5 rings (SSSR count). The van der Waals surface area contributed by atoms with Crippen LogP contribution < -0.4 is 0 Å². The number of hydrogen-bond acceptors (Lipinski definition) is 0. The molecule has 2 heteroatoms. The standard InChI is InChI=1S/C60H62Si2/c1-45(2)61(46(3)4,47(5)6)40-38-53-26-22-51(23-27-53)30-32-55-16-13-18-57(42-55)34-36-59-20-15-21-60(44-59)37-35-58-19-14-17-56(43-58)33-31-52-24-28-54(29-25-52)39-41-62(48(7)8,49(9)10)50(11)12/h13-29,42-50H,1-12H3. The molecule has 5 aromatic rings. The second-order valence-corrected chi connectivity index (χ2v) is 29.4. The van der Waals surface area contributed by atoms with Crippen LogP contribution in [0.2, 0.25) is 33.2 Å². The lowest BCUT2D eigenvalue weighted by molar-refractivity contribution is 0.838. The average Bonchev–Trinajstić information content (AvgIpc) is 3.24. The predicted octanol–water partition coefficient (Wildman–Crippen LogP) is 14.4. The van der Waals surface area contributed by atoms with Gasteiger partial charge in [0.1, 0.15) is 16.1 Å². The van der Waals surface area contributed by atoms with Crippen molar-refractivity contribution in [1.82, 2.24) is 0 Å². The summed E-state index contributed by atoms with van der Waals surface area (Å²) in [5, 5.41) is 0. The molecule has 0 saturated carbocycles. The van der Waals surface area contributed by atoms with Crippen molar-refractivity contribution in [3.63, 3.8) is 0 Å². The minimum atomic E-state index is -1.77. The molecule has 0 aliphatic carbocycles. The summed E-state index contributed by atoms with van der Waals surface area (Å²) in [6.45, 7) is 28.2. The molecule has 0 aliphatic heterocycles. The first-order chi connectivity index (χ1) is 29.6. The molecule has 0 fully saturated rings. The van der Waals surface area contributed by atoms with Crippen LogP contribution in [0, 0.1) is 70.3 Å². The maximum absolute atomic E-state index is 3.82. The summed E-state index contributed by atoms with van der Waals surface area (Å²) in [4.78, 5) is 0. The summed E-state index contributed by atoms with van der Waals surface area (Å²) < 4.78 is 0. The van der Waals surface area contributed by atoms with Crippen LogP contribution in [-0.4, -0.2) is 16.1 Å². The predicted molar refractivity (Wildman–Crippen MR) is 272 cm³/mol. The second kappa shape index (κ2) is 21.6. The van der Waals surface area contributed by atoms with Crippen LogP contribution in [-0.2, 0) is 0 Å². The highest BCUT2D eigenvalue weighted by atomic mass is 28.3. The van der Waals surface area contributed by atoms with Crippen molar-refractivity contribution < 1.29 is 0 Å². The second-order valence-electron chi connectivity index (χ2n) is 18.2. The van der Waals surface area contributed by atoms with E-state index >= 15 is 0 Å². The highest BCUT2D eigenvalue weighted by Crippen LogP contribution is 2.42. The minimum absolute atomic E-state index is 0.612. The highest BCUT2D eigenvalue weighted by Gasteiger charge is 2.42. The third kappa shape index (κ3) is 12.0. The zero-order chi connectivity index (χ0) is 44.9. The van der Waals surface area contributed by atoms with Gasteiger partial charge in [-0.2, -0.15) is 0 Å². The molecule has 0 aromatic heterocycles. The van der Waals surface area contributed by atoms with Gasteiger partial charge in [-0.1, -0.05) is 160 Å². The van der Waals surface area contributed by atoms with Crippen molar-refractivity contribution in [2.75, 3.05) is 0 Å². The Bertz CT molecular complexity index is 2490. The molecule has 0 heterocycles. The first kappa shape index (κ1) is 47.0. The highest BCUT2D eigenvalue weighted by molar-refractivity contribution is 6.91. The summed E-state index contributed by atoms with van der Waals surface area (Å²) >= 11 is 0. The molecule has 0 radical (unpaired) electrons. The molecule has 0 unspecified atom stereocenters. The van der Waals surface area contributed by atoms with E-state index in [1.807, 2.05) is 72.8 Å². The third-order valence-corrected chi connectivity index (χ3v) is 24.9. The fraction of sp³-hybridized carbons (Fsp3) is 0.300. The van der Waals surface area contributed by atoms with Gasteiger partial charge in [0.05, 0.1) is 0 Å². The Hall–Kier alpha value is -6.11. The Morgan fingerprint density at radius 1 is 0.242 bits per heavy atom. The van der Waals surface area contributed by atoms with Gasteiger partial charge < -0.3 is 0 Å². The van der Waals surface area contributed by atoms with Crippen molar-refractivity contribution in [3.05, 3.63) is 177 Å². The van der Waals surface area contributed by atoms with Crippen LogP contribution in [0.5, 0.6) is 0 Å². The van der Waals surface area contributed by atoms with E-state index in [-0.39, 0.29) is 0 Å². The summed E-state index contributed by atoms with van der Waals surface area (Å²) in [6.07, 6.45) is 0. The van der Waals surface area contributed by atoms with Crippen LogP contribution in [0.25, 0.3) is 0 Å². The van der Waals surface area contributed by atoms with Gasteiger partial charge in [-0.3, -0.25) is 0 Å². The summed E-state index contributed by atoms with van der Waals surface area (Å²) in [7, 11) is -3.54. The van der Waals surface area contributed by atoms with Crippen molar-refractivity contribution in [3.8, 4) is 70.3 Å². The maximum atomic E-state index is 3.82. The number of hydrogen-bond donors (Lipinski definition) is 0. The van der Waals surface area contributed by atoms with Gasteiger partial charge in [-0.15, -0.1) is 11.1 Å². The molecule has 0 nitrogen and oxygen atoms in total. The molecule has 0 spiro atoms. The molecule has 0 atom stereocenters. The Labute approximate surface area is 377 Å². The van der Waals surface area contributed by atoms with Crippen molar-refractivity contribution >= 4 is 16.1 Å². The van der Waals surface area contributed by atoms with E-state index in [9.17, 15) is 0 Å². The Kier molecular flexibility index (Phi) is 16.4. The fourth-order valence-corrected chi connectivity index (χ4v) is 19.6. The lowest BCUT2D eigenvalue weighted by atomic mass is 10.1. The zero-order valence-corrected chi connectivity index (χ0v) is 41.0. The molecule has 0 bridgehead atoms. The van der Waals surface area contributed by atoms with E-state index in [0.717, 1.165) is 55.6 Å². The molecule has 0 N–H and O–H groups in total. The molecule has 0 aliphatic rings. The first-order valence-electron chi connectivity index (χ1n) is 22.3. The monoisotopic (exact) mass is 838 g/mol. The van der Waals surface area contributed by atoms with Crippen molar-refractivity contribution in [2.24, 2.45) is 0 Å². The summed E-state index contributed by atoms with van der Waals surface area (Å²) in [5.41, 5.74) is 20.8. The lowest BCUT2D eigenvalue weighted by Gasteiger charge is -2.38. The minimum Gasteiger partial charge on any atom is -0.125 e. The smallest absolute Gasteiger partial charge is 0.125 e. The molecule has 0 saturated heterocycles. The van der Waals surface area contributed by atoms with Gasteiger partial charge in [-0.05, 0) is 136 Å². The van der Waals surface area contributed by atoms with Crippen LogP contribution in [0.4, 0.5) is 0 Å². The van der Waals surface area contributed by atoms with E-state index < -0.39 is 16.1 Å². The fourth-order valence-electron chi connectivity index (χ4n) is 9.10. The van der Waals surface area contributed by atoms with Gasteiger partial charge in [0.2, 0.25) is 0 Å². The van der Waals surface area contributed by atoms with Crippen LogP contribution in [0.3, 0.4) is 0 Å².